The van der Waals surface area contributed by atoms with Crippen LogP contribution < -0.4 is 0 Å². The zero-order valence-electron chi connectivity index (χ0n) is 26.3. The van der Waals surface area contributed by atoms with Gasteiger partial charge in [0.05, 0.1) is 0 Å². The summed E-state index contributed by atoms with van der Waals surface area (Å²) in [7, 11) is 0. The molecule has 45 heavy (non-hydrogen) atoms. The third kappa shape index (κ3) is 8.10. The van der Waals surface area contributed by atoms with Crippen LogP contribution in [-0.4, -0.2) is 0 Å². The molecule has 0 N–H and O–H groups in total. The Kier molecular flexibility index (Phi) is 10.2. The van der Waals surface area contributed by atoms with Gasteiger partial charge in [-0.15, -0.1) is 0 Å². The van der Waals surface area contributed by atoms with Crippen LogP contribution in [-0.2, 0) is 6.42 Å². The Hall–Kier alpha value is -5.08. The molecule has 0 radical (unpaired) electrons. The molecular formula is C43H38F2. The van der Waals surface area contributed by atoms with E-state index in [1.165, 1.54) is 22.3 Å². The largest absolute Gasteiger partial charge is 0.206 e. The highest BCUT2D eigenvalue weighted by molar-refractivity contribution is 5.72. The predicted molar refractivity (Wildman–Crippen MR) is 187 cm³/mol. The lowest BCUT2D eigenvalue weighted by atomic mass is 9.98. The van der Waals surface area contributed by atoms with Gasteiger partial charge in [0.25, 0.3) is 0 Å². The van der Waals surface area contributed by atoms with Gasteiger partial charge in [0, 0.05) is 11.1 Å². The van der Waals surface area contributed by atoms with E-state index < -0.39 is 0 Å². The molecule has 0 aliphatic heterocycles. The second-order valence-electron chi connectivity index (χ2n) is 11.5. The highest BCUT2D eigenvalue weighted by Gasteiger charge is 2.08. The molecule has 0 nitrogen and oxygen atoms in total. The van der Waals surface area contributed by atoms with Crippen molar-refractivity contribution in [1.82, 2.24) is 0 Å². The number of hydrogen-bond donors (Lipinski definition) is 0. The molecule has 0 unspecified atom stereocenters. The van der Waals surface area contributed by atoms with E-state index in [4.69, 9.17) is 0 Å². The molecule has 0 heterocycles. The summed E-state index contributed by atoms with van der Waals surface area (Å²) in [5, 5.41) is 0. The zero-order valence-corrected chi connectivity index (χ0v) is 26.3. The van der Waals surface area contributed by atoms with E-state index in [1.54, 1.807) is 12.1 Å². The van der Waals surface area contributed by atoms with E-state index in [0.29, 0.717) is 11.1 Å². The fraction of sp³-hybridized carbons (Fsp3) is 0.116. The van der Waals surface area contributed by atoms with Crippen LogP contribution in [0.4, 0.5) is 8.78 Å². The van der Waals surface area contributed by atoms with Crippen LogP contribution in [0.3, 0.4) is 0 Å². The molecule has 0 fully saturated rings. The van der Waals surface area contributed by atoms with E-state index in [2.05, 4.69) is 49.4 Å². The predicted octanol–water partition coefficient (Wildman–Crippen LogP) is 12.4. The number of allylic oxidation sites excluding steroid dienone is 2. The first-order chi connectivity index (χ1) is 21.8. The van der Waals surface area contributed by atoms with Gasteiger partial charge >= 0.3 is 0 Å². The van der Waals surface area contributed by atoms with Crippen molar-refractivity contribution in [3.8, 4) is 44.5 Å². The highest BCUT2D eigenvalue weighted by Crippen LogP contribution is 2.29. The number of halogens is 2. The Balaban J connectivity index is 0.000000179. The quantitative estimate of drug-likeness (QED) is 0.169. The Labute approximate surface area is 266 Å². The zero-order chi connectivity index (χ0) is 31.8. The van der Waals surface area contributed by atoms with Crippen molar-refractivity contribution in [2.75, 3.05) is 0 Å². The molecule has 0 saturated heterocycles. The summed E-state index contributed by atoms with van der Waals surface area (Å²) in [5.41, 5.74) is 12.0. The van der Waals surface area contributed by atoms with Gasteiger partial charge < -0.3 is 0 Å². The first kappa shape index (κ1) is 31.3. The number of rotatable bonds is 6. The Bertz CT molecular complexity index is 1880. The van der Waals surface area contributed by atoms with E-state index >= 15 is 0 Å². The van der Waals surface area contributed by atoms with Gasteiger partial charge in [0.15, 0.2) is 0 Å². The summed E-state index contributed by atoms with van der Waals surface area (Å²) in [4.78, 5) is 0. The highest BCUT2D eigenvalue weighted by atomic mass is 19.1. The monoisotopic (exact) mass is 592 g/mol. The summed E-state index contributed by atoms with van der Waals surface area (Å²) < 4.78 is 28.6. The van der Waals surface area contributed by atoms with Gasteiger partial charge in [0.2, 0.25) is 0 Å². The Morgan fingerprint density at radius 1 is 0.422 bits per heavy atom. The average molecular weight is 593 g/mol. The van der Waals surface area contributed by atoms with Gasteiger partial charge in [-0.05, 0) is 90.8 Å². The van der Waals surface area contributed by atoms with E-state index in [0.717, 1.165) is 39.8 Å². The molecule has 6 aromatic rings. The maximum absolute atomic E-state index is 14.6. The summed E-state index contributed by atoms with van der Waals surface area (Å²) in [5.74, 6) is -0.354. The van der Waals surface area contributed by atoms with Crippen molar-refractivity contribution in [2.45, 2.75) is 34.1 Å². The first-order valence-corrected chi connectivity index (χ1v) is 15.3. The molecule has 0 aliphatic carbocycles. The molecule has 0 bridgehead atoms. The Morgan fingerprint density at radius 3 is 1.29 bits per heavy atom. The maximum atomic E-state index is 14.6. The first-order valence-electron chi connectivity index (χ1n) is 15.3. The van der Waals surface area contributed by atoms with Gasteiger partial charge in [-0.1, -0.05) is 145 Å². The molecule has 6 aromatic carbocycles. The lowest BCUT2D eigenvalue weighted by molar-refractivity contribution is 0.630. The summed E-state index contributed by atoms with van der Waals surface area (Å²) in [6, 6.07) is 43.5. The van der Waals surface area contributed by atoms with Crippen LogP contribution in [0.15, 0.2) is 146 Å². The SMILES string of the molecule is C/C=C/Cc1ccc(-c2ccc(-c3ccc(C)cc3)cc2F)cc1.Cc1ccc(-c2ccc(-c3ccc(C)cc3F)cc2)cc1. The molecule has 0 atom stereocenters. The summed E-state index contributed by atoms with van der Waals surface area (Å²) in [6.07, 6.45) is 5.06. The summed E-state index contributed by atoms with van der Waals surface area (Å²) in [6.45, 7) is 8.03. The van der Waals surface area contributed by atoms with Crippen LogP contribution in [0, 0.1) is 32.4 Å². The van der Waals surface area contributed by atoms with E-state index in [1.807, 2.05) is 112 Å². The van der Waals surface area contributed by atoms with Crippen LogP contribution in [0.5, 0.6) is 0 Å². The normalized spacial score (nSPS) is 10.9. The molecule has 0 aromatic heterocycles. The van der Waals surface area contributed by atoms with Crippen LogP contribution in [0.25, 0.3) is 44.5 Å². The van der Waals surface area contributed by atoms with Gasteiger partial charge in [-0.2, -0.15) is 0 Å². The molecule has 0 saturated carbocycles. The molecular weight excluding hydrogens is 554 g/mol. The van der Waals surface area contributed by atoms with Crippen molar-refractivity contribution >= 4 is 0 Å². The fourth-order valence-electron chi connectivity index (χ4n) is 5.19. The van der Waals surface area contributed by atoms with Crippen molar-refractivity contribution < 1.29 is 8.78 Å². The van der Waals surface area contributed by atoms with E-state index in [-0.39, 0.29) is 11.6 Å². The van der Waals surface area contributed by atoms with Gasteiger partial charge in [0.1, 0.15) is 11.6 Å². The minimum absolute atomic E-state index is 0.168. The minimum Gasteiger partial charge on any atom is -0.206 e. The molecule has 0 aliphatic rings. The van der Waals surface area contributed by atoms with Crippen LogP contribution >= 0.6 is 0 Å². The van der Waals surface area contributed by atoms with Crippen molar-refractivity contribution in [3.63, 3.8) is 0 Å². The molecule has 224 valence electrons. The average Bonchev–Trinajstić information content (AvgIpc) is 3.05. The minimum atomic E-state index is -0.186. The molecule has 2 heteroatoms. The molecule has 0 amide bonds. The third-order valence-electron chi connectivity index (χ3n) is 7.91. The summed E-state index contributed by atoms with van der Waals surface area (Å²) >= 11 is 0. The fourth-order valence-corrected chi connectivity index (χ4v) is 5.19. The van der Waals surface area contributed by atoms with Crippen LogP contribution in [0.2, 0.25) is 0 Å². The number of aryl methyl sites for hydroxylation is 3. The second kappa shape index (κ2) is 14.6. The van der Waals surface area contributed by atoms with E-state index in [9.17, 15) is 8.78 Å². The molecule has 6 rings (SSSR count). The van der Waals surface area contributed by atoms with Crippen molar-refractivity contribution in [3.05, 3.63) is 180 Å². The maximum Gasteiger partial charge on any atom is 0.131 e. The lowest BCUT2D eigenvalue weighted by Crippen LogP contribution is -1.88. The Morgan fingerprint density at radius 2 is 0.800 bits per heavy atom. The standard InChI is InChI=1S/C23H21F.C20H17F/c1-3-4-5-18-8-12-20(13-9-18)22-15-14-21(16-23(22)24)19-10-6-17(2)7-11-19;1-14-3-6-16(7-4-14)17-8-10-18(11-9-17)19-12-5-15(2)13-20(19)21/h3-4,6-16H,5H2,1-2H3;3-13H,1-2H3/b4-3+;. The van der Waals surface area contributed by atoms with Gasteiger partial charge in [-0.3, -0.25) is 0 Å². The van der Waals surface area contributed by atoms with Gasteiger partial charge in [-0.25, -0.2) is 8.78 Å². The second-order valence-corrected chi connectivity index (χ2v) is 11.5. The smallest absolute Gasteiger partial charge is 0.131 e. The third-order valence-corrected chi connectivity index (χ3v) is 7.91. The number of benzene rings is 6. The van der Waals surface area contributed by atoms with Crippen molar-refractivity contribution in [2.24, 2.45) is 0 Å². The van der Waals surface area contributed by atoms with Crippen molar-refractivity contribution in [1.29, 1.82) is 0 Å². The lowest BCUT2D eigenvalue weighted by Gasteiger charge is -2.08. The van der Waals surface area contributed by atoms with Crippen LogP contribution in [0.1, 0.15) is 29.2 Å². The topological polar surface area (TPSA) is 0 Å². The molecule has 0 spiro atoms. The number of hydrogen-bond acceptors (Lipinski definition) is 0.